The maximum atomic E-state index is 11.6. The predicted molar refractivity (Wildman–Crippen MR) is 63.8 cm³/mol. The normalized spacial score (nSPS) is 33.9. The van der Waals surface area contributed by atoms with E-state index in [1.54, 1.807) is 0 Å². The zero-order valence-electron chi connectivity index (χ0n) is 10.4. The molecule has 0 spiro atoms. The van der Waals surface area contributed by atoms with Crippen molar-refractivity contribution < 1.29 is 14.6 Å². The standard InChI is InChI=1S/C12H22N2O3/c1-9-12(16,6-7-17-9)8-13-11(15)14-10-4-2-3-5-10/h9-10,16H,2-8H2,1H3,(H2,13,14,15). The molecule has 2 rings (SSSR count). The van der Waals surface area contributed by atoms with E-state index in [1.807, 2.05) is 6.92 Å². The number of aliphatic hydroxyl groups is 1. The average molecular weight is 242 g/mol. The summed E-state index contributed by atoms with van der Waals surface area (Å²) in [7, 11) is 0. The zero-order valence-corrected chi connectivity index (χ0v) is 10.4. The molecule has 1 heterocycles. The van der Waals surface area contributed by atoms with Gasteiger partial charge in [0.2, 0.25) is 0 Å². The Balaban J connectivity index is 1.71. The highest BCUT2D eigenvalue weighted by Gasteiger charge is 2.39. The maximum absolute atomic E-state index is 11.6. The largest absolute Gasteiger partial charge is 0.385 e. The Labute approximate surface area is 102 Å². The molecule has 3 N–H and O–H groups in total. The van der Waals surface area contributed by atoms with E-state index in [2.05, 4.69) is 10.6 Å². The maximum Gasteiger partial charge on any atom is 0.315 e. The minimum absolute atomic E-state index is 0.176. The third-order valence-corrected chi connectivity index (χ3v) is 3.91. The first-order valence-electron chi connectivity index (χ1n) is 6.48. The van der Waals surface area contributed by atoms with Gasteiger partial charge in [0.1, 0.15) is 5.60 Å². The summed E-state index contributed by atoms with van der Waals surface area (Å²) < 4.78 is 5.31. The smallest absolute Gasteiger partial charge is 0.315 e. The van der Waals surface area contributed by atoms with Crippen LogP contribution in [0.2, 0.25) is 0 Å². The Bertz CT molecular complexity index is 279. The van der Waals surface area contributed by atoms with Crippen molar-refractivity contribution in [3.05, 3.63) is 0 Å². The number of nitrogens with one attached hydrogen (secondary N) is 2. The van der Waals surface area contributed by atoms with E-state index in [0.29, 0.717) is 19.1 Å². The Morgan fingerprint density at radius 1 is 1.47 bits per heavy atom. The molecule has 2 amide bonds. The van der Waals surface area contributed by atoms with Crippen LogP contribution in [-0.4, -0.2) is 42.0 Å². The molecule has 0 aromatic carbocycles. The fourth-order valence-corrected chi connectivity index (χ4v) is 2.54. The van der Waals surface area contributed by atoms with Gasteiger partial charge in [-0.2, -0.15) is 0 Å². The van der Waals surface area contributed by atoms with Crippen molar-refractivity contribution in [1.29, 1.82) is 0 Å². The summed E-state index contributed by atoms with van der Waals surface area (Å²) in [5.41, 5.74) is -0.910. The molecule has 1 aliphatic carbocycles. The van der Waals surface area contributed by atoms with Crippen molar-refractivity contribution in [1.82, 2.24) is 10.6 Å². The topological polar surface area (TPSA) is 70.6 Å². The number of ether oxygens (including phenoxy) is 1. The first-order valence-corrected chi connectivity index (χ1v) is 6.48. The monoisotopic (exact) mass is 242 g/mol. The number of amides is 2. The van der Waals surface area contributed by atoms with Crippen LogP contribution in [-0.2, 0) is 4.74 Å². The molecule has 98 valence electrons. The molecule has 2 unspecified atom stereocenters. The summed E-state index contributed by atoms with van der Waals surface area (Å²) in [5, 5.41) is 15.9. The van der Waals surface area contributed by atoms with Crippen LogP contribution in [0.4, 0.5) is 4.79 Å². The second-order valence-corrected chi connectivity index (χ2v) is 5.17. The van der Waals surface area contributed by atoms with Gasteiger partial charge in [-0.3, -0.25) is 0 Å². The number of carbonyl (C=O) groups is 1. The highest BCUT2D eigenvalue weighted by atomic mass is 16.5. The fraction of sp³-hybridized carbons (Fsp3) is 0.917. The predicted octanol–water partition coefficient (Wildman–Crippen LogP) is 0.768. The number of carbonyl (C=O) groups excluding carboxylic acids is 1. The SMILES string of the molecule is CC1OCCC1(O)CNC(=O)NC1CCCC1. The number of urea groups is 1. The Morgan fingerprint density at radius 3 is 2.76 bits per heavy atom. The molecule has 2 atom stereocenters. The van der Waals surface area contributed by atoms with Gasteiger partial charge in [0.25, 0.3) is 0 Å². The highest BCUT2D eigenvalue weighted by Crippen LogP contribution is 2.24. The summed E-state index contributed by atoms with van der Waals surface area (Å²) in [6, 6.07) is 0.131. The summed E-state index contributed by atoms with van der Waals surface area (Å²) in [4.78, 5) is 11.6. The van der Waals surface area contributed by atoms with Gasteiger partial charge in [-0.1, -0.05) is 12.8 Å². The molecule has 5 nitrogen and oxygen atoms in total. The highest BCUT2D eigenvalue weighted by molar-refractivity contribution is 5.74. The number of hydrogen-bond donors (Lipinski definition) is 3. The van der Waals surface area contributed by atoms with Crippen molar-refractivity contribution in [2.45, 2.75) is 56.8 Å². The van der Waals surface area contributed by atoms with E-state index in [9.17, 15) is 9.90 Å². The minimum Gasteiger partial charge on any atom is -0.385 e. The molecule has 0 bridgehead atoms. The first-order chi connectivity index (χ1) is 8.10. The lowest BCUT2D eigenvalue weighted by Crippen LogP contribution is -2.51. The van der Waals surface area contributed by atoms with Crippen molar-refractivity contribution in [3.8, 4) is 0 Å². The van der Waals surface area contributed by atoms with Gasteiger partial charge in [0.05, 0.1) is 12.6 Å². The molecule has 2 aliphatic rings. The lowest BCUT2D eigenvalue weighted by atomic mass is 9.97. The molecular formula is C12H22N2O3. The van der Waals surface area contributed by atoms with Gasteiger partial charge in [-0.05, 0) is 19.8 Å². The molecule has 1 saturated heterocycles. The van der Waals surface area contributed by atoms with Crippen LogP contribution in [0.5, 0.6) is 0 Å². The van der Waals surface area contributed by atoms with E-state index < -0.39 is 5.60 Å². The van der Waals surface area contributed by atoms with Crippen molar-refractivity contribution in [3.63, 3.8) is 0 Å². The van der Waals surface area contributed by atoms with Crippen LogP contribution in [0.15, 0.2) is 0 Å². The molecule has 17 heavy (non-hydrogen) atoms. The van der Waals surface area contributed by atoms with E-state index in [1.165, 1.54) is 12.8 Å². The van der Waals surface area contributed by atoms with Crippen LogP contribution in [0.1, 0.15) is 39.0 Å². The van der Waals surface area contributed by atoms with Crippen molar-refractivity contribution >= 4 is 6.03 Å². The molecule has 0 aromatic rings. The van der Waals surface area contributed by atoms with Crippen LogP contribution in [0.3, 0.4) is 0 Å². The van der Waals surface area contributed by atoms with Crippen molar-refractivity contribution in [2.75, 3.05) is 13.2 Å². The quantitative estimate of drug-likeness (QED) is 0.684. The third kappa shape index (κ3) is 3.10. The number of rotatable bonds is 3. The summed E-state index contributed by atoms with van der Waals surface area (Å²) in [6.07, 6.45) is 4.89. The van der Waals surface area contributed by atoms with Crippen LogP contribution >= 0.6 is 0 Å². The van der Waals surface area contributed by atoms with E-state index in [-0.39, 0.29) is 18.7 Å². The average Bonchev–Trinajstić information content (AvgIpc) is 2.89. The van der Waals surface area contributed by atoms with E-state index >= 15 is 0 Å². The molecular weight excluding hydrogens is 220 g/mol. The van der Waals surface area contributed by atoms with Gasteiger partial charge in [-0.15, -0.1) is 0 Å². The Morgan fingerprint density at radius 2 is 2.18 bits per heavy atom. The lowest BCUT2D eigenvalue weighted by Gasteiger charge is -2.26. The summed E-state index contributed by atoms with van der Waals surface area (Å²) >= 11 is 0. The fourth-order valence-electron chi connectivity index (χ4n) is 2.54. The number of hydrogen-bond acceptors (Lipinski definition) is 3. The van der Waals surface area contributed by atoms with E-state index in [0.717, 1.165) is 12.8 Å². The van der Waals surface area contributed by atoms with Gasteiger partial charge < -0.3 is 20.5 Å². The second kappa shape index (κ2) is 5.23. The Kier molecular flexibility index (Phi) is 3.89. The molecule has 5 heteroatoms. The van der Waals surface area contributed by atoms with Crippen LogP contribution in [0, 0.1) is 0 Å². The van der Waals surface area contributed by atoms with Gasteiger partial charge >= 0.3 is 6.03 Å². The zero-order chi connectivity index (χ0) is 12.3. The summed E-state index contributed by atoms with van der Waals surface area (Å²) in [5.74, 6) is 0. The minimum atomic E-state index is -0.910. The molecule has 1 saturated carbocycles. The lowest BCUT2D eigenvalue weighted by molar-refractivity contribution is -0.0243. The Hall–Kier alpha value is -0.810. The summed E-state index contributed by atoms with van der Waals surface area (Å²) in [6.45, 7) is 2.65. The third-order valence-electron chi connectivity index (χ3n) is 3.91. The van der Waals surface area contributed by atoms with Gasteiger partial charge in [-0.25, -0.2) is 4.79 Å². The van der Waals surface area contributed by atoms with Gasteiger partial charge in [0.15, 0.2) is 0 Å². The first kappa shape index (κ1) is 12.6. The molecule has 1 aliphatic heterocycles. The van der Waals surface area contributed by atoms with E-state index in [4.69, 9.17) is 4.74 Å². The molecule has 0 radical (unpaired) electrons. The molecule has 2 fully saturated rings. The molecule has 0 aromatic heterocycles. The van der Waals surface area contributed by atoms with Gasteiger partial charge in [0, 0.05) is 19.1 Å². The van der Waals surface area contributed by atoms with Crippen LogP contribution < -0.4 is 10.6 Å². The second-order valence-electron chi connectivity index (χ2n) is 5.17. The van der Waals surface area contributed by atoms with Crippen molar-refractivity contribution in [2.24, 2.45) is 0 Å². The van der Waals surface area contributed by atoms with Crippen LogP contribution in [0.25, 0.3) is 0 Å².